The third-order valence-electron chi connectivity index (χ3n) is 10.8. The van der Waals surface area contributed by atoms with Gasteiger partial charge >= 0.3 is 0 Å². The highest BCUT2D eigenvalue weighted by Gasteiger charge is 2.27. The standard InChI is InChI=1S/C56H57N3O/c1-35-20-25-49(45(28-35)38-16-13-12-14-17-38)59-50-19-15-18-44(51(50)58-53(59)46-29-36(2)30-47(52(46)60)56(9,10)11)40-31-41(33-43(32-40)55(6,7)8)48-34-39(26-27-57-48)37-21-23-42(24-22-37)54(3,4)5/h12-34,60H,1-11H3/i1D3,3D3,4D3,5D3,21D,22D,23D,24D. The number of pyridine rings is 1. The highest BCUT2D eigenvalue weighted by Crippen LogP contribution is 2.44. The Balaban J connectivity index is 1.40. The molecular weight excluding hydrogens is 731 g/mol. The fourth-order valence-corrected chi connectivity index (χ4v) is 7.61. The normalized spacial score (nSPS) is 17.1. The van der Waals surface area contributed by atoms with E-state index in [1.54, 1.807) is 18.2 Å². The highest BCUT2D eigenvalue weighted by atomic mass is 16.3. The van der Waals surface area contributed by atoms with Crippen LogP contribution < -0.4 is 0 Å². The summed E-state index contributed by atoms with van der Waals surface area (Å²) < 4.78 is 137. The van der Waals surface area contributed by atoms with Gasteiger partial charge in [0.05, 0.1) is 33.5 Å². The van der Waals surface area contributed by atoms with E-state index >= 15 is 0 Å². The second kappa shape index (κ2) is 15.1. The minimum absolute atomic E-state index is 0.0436. The summed E-state index contributed by atoms with van der Waals surface area (Å²) in [6.07, 6.45) is 1.41. The number of aryl methyl sites for hydroxylation is 2. The van der Waals surface area contributed by atoms with Crippen LogP contribution in [0.3, 0.4) is 0 Å². The highest BCUT2D eigenvalue weighted by molar-refractivity contribution is 5.98. The smallest absolute Gasteiger partial charge is 0.149 e. The van der Waals surface area contributed by atoms with Gasteiger partial charge in [-0.1, -0.05) is 152 Å². The third-order valence-corrected chi connectivity index (χ3v) is 10.8. The number of aromatic nitrogens is 3. The van der Waals surface area contributed by atoms with Crippen molar-refractivity contribution in [1.29, 1.82) is 0 Å². The number of fused-ring (bicyclic) bond motifs is 1. The van der Waals surface area contributed by atoms with Gasteiger partial charge in [-0.25, -0.2) is 4.98 Å². The minimum Gasteiger partial charge on any atom is -0.507 e. The molecule has 0 aliphatic heterocycles. The zero-order chi connectivity index (χ0) is 56.2. The molecule has 0 spiro atoms. The van der Waals surface area contributed by atoms with E-state index < -0.39 is 73.4 Å². The maximum Gasteiger partial charge on any atom is 0.149 e. The largest absolute Gasteiger partial charge is 0.507 e. The topological polar surface area (TPSA) is 50.9 Å². The summed E-state index contributed by atoms with van der Waals surface area (Å²) in [6.45, 7) is 0.231. The Kier molecular flexibility index (Phi) is 6.38. The Morgan fingerprint density at radius 2 is 1.32 bits per heavy atom. The molecule has 0 aliphatic carbocycles. The maximum absolute atomic E-state index is 12.3. The molecule has 0 atom stereocenters. The third kappa shape index (κ3) is 7.79. The minimum atomic E-state index is -3.82. The monoisotopic (exact) mass is 804 g/mol. The van der Waals surface area contributed by atoms with Gasteiger partial charge in [0.25, 0.3) is 0 Å². The number of hydrogen-bond acceptors (Lipinski definition) is 3. The van der Waals surface area contributed by atoms with Gasteiger partial charge in [-0.3, -0.25) is 9.55 Å². The molecule has 4 heteroatoms. The number of rotatable bonds is 6. The maximum atomic E-state index is 12.3. The molecule has 0 fully saturated rings. The molecule has 6 aromatic carbocycles. The number of benzene rings is 6. The first-order valence-corrected chi connectivity index (χ1v) is 19.8. The van der Waals surface area contributed by atoms with Crippen LogP contribution in [0.4, 0.5) is 0 Å². The van der Waals surface area contributed by atoms with Crippen LogP contribution in [0, 0.1) is 13.8 Å². The van der Waals surface area contributed by atoms with Crippen molar-refractivity contribution in [2.45, 2.75) is 92.1 Å². The van der Waals surface area contributed by atoms with Crippen LogP contribution in [0.1, 0.15) is 112 Å². The van der Waals surface area contributed by atoms with Crippen molar-refractivity contribution < 1.29 is 27.0 Å². The average molecular weight is 804 g/mol. The van der Waals surface area contributed by atoms with Gasteiger partial charge < -0.3 is 5.11 Å². The molecule has 0 amide bonds. The molecule has 0 saturated carbocycles. The van der Waals surface area contributed by atoms with E-state index in [0.717, 1.165) is 16.7 Å². The Morgan fingerprint density at radius 3 is 2.02 bits per heavy atom. The number of hydrogen-bond donors (Lipinski definition) is 1. The summed E-state index contributed by atoms with van der Waals surface area (Å²) in [5.74, 6) is 0.441. The number of imidazole rings is 1. The number of phenolic OH excluding ortho intramolecular Hbond substituents is 1. The molecule has 0 saturated heterocycles. The second-order valence-corrected chi connectivity index (χ2v) is 17.5. The van der Waals surface area contributed by atoms with Crippen molar-refractivity contribution >= 4 is 11.0 Å². The van der Waals surface area contributed by atoms with Crippen LogP contribution in [0.15, 0.2) is 140 Å². The summed E-state index contributed by atoms with van der Waals surface area (Å²) in [5, 5.41) is 12.3. The molecule has 60 heavy (non-hydrogen) atoms. The lowest BCUT2D eigenvalue weighted by Gasteiger charge is -2.23. The first-order valence-electron chi connectivity index (χ1n) is 27.8. The van der Waals surface area contributed by atoms with Crippen LogP contribution in [0.25, 0.3) is 72.7 Å². The lowest BCUT2D eigenvalue weighted by Crippen LogP contribution is -2.12. The van der Waals surface area contributed by atoms with Gasteiger partial charge in [0, 0.05) is 44.9 Å². The second-order valence-electron chi connectivity index (χ2n) is 17.5. The van der Waals surface area contributed by atoms with Gasteiger partial charge in [0.2, 0.25) is 0 Å². The number of aromatic hydroxyl groups is 1. The summed E-state index contributed by atoms with van der Waals surface area (Å²) >= 11 is 0. The molecule has 0 unspecified atom stereocenters. The van der Waals surface area contributed by atoms with Gasteiger partial charge in [0.15, 0.2) is 0 Å². The fraction of sp³-hybridized carbons (Fsp3) is 0.250. The van der Waals surface area contributed by atoms with Gasteiger partial charge in [0.1, 0.15) is 11.6 Å². The van der Waals surface area contributed by atoms with Crippen molar-refractivity contribution in [2.24, 2.45) is 0 Å². The van der Waals surface area contributed by atoms with Crippen molar-refractivity contribution in [2.75, 3.05) is 0 Å². The lowest BCUT2D eigenvalue weighted by molar-refractivity contribution is 0.448. The quantitative estimate of drug-likeness (QED) is 0.182. The SMILES string of the molecule is [2H]c1c([2H])c(C(C([2H])([2H])[2H])(C([2H])([2H])[2H])C([2H])([2H])[2H])c([2H])c([2H])c1-c1ccnc(-c2cc(-c3cccc4c3nc(-c3cc(C)cc(C(C)(C)C)c3O)n4-c3ccc(C([2H])([2H])[2H])cc3-c3ccccc3)cc(C(C)(C)C)c2)c1. The van der Waals surface area contributed by atoms with Crippen LogP contribution in [-0.2, 0) is 16.2 Å². The fourth-order valence-electron chi connectivity index (χ4n) is 7.61. The Hall–Kier alpha value is -6.26. The van der Waals surface area contributed by atoms with Crippen molar-refractivity contribution in [3.63, 3.8) is 0 Å². The van der Waals surface area contributed by atoms with E-state index in [4.69, 9.17) is 31.9 Å². The Labute approximate surface area is 379 Å². The molecule has 0 bridgehead atoms. The predicted molar refractivity (Wildman–Crippen MR) is 253 cm³/mol. The summed E-state index contributed by atoms with van der Waals surface area (Å²) in [5.41, 5.74) is 2.32. The number of para-hydroxylation sites is 1. The molecular formula is C56H57N3O. The molecule has 4 nitrogen and oxygen atoms in total. The van der Waals surface area contributed by atoms with E-state index in [1.807, 2.05) is 132 Å². The summed E-state index contributed by atoms with van der Waals surface area (Å²) in [7, 11) is 0. The predicted octanol–water partition coefficient (Wildman–Crippen LogP) is 15.0. The molecule has 302 valence electrons. The van der Waals surface area contributed by atoms with E-state index in [-0.39, 0.29) is 22.4 Å². The van der Waals surface area contributed by atoms with Gasteiger partial charge in [-0.05, 0) is 117 Å². The Morgan fingerprint density at radius 1 is 0.583 bits per heavy atom. The molecule has 0 radical (unpaired) electrons. The van der Waals surface area contributed by atoms with E-state index in [9.17, 15) is 5.11 Å². The van der Waals surface area contributed by atoms with Crippen LogP contribution in [0.2, 0.25) is 0 Å². The molecule has 2 aromatic heterocycles. The zero-order valence-electron chi connectivity index (χ0n) is 50.8. The van der Waals surface area contributed by atoms with Crippen LogP contribution in [-0.4, -0.2) is 19.6 Å². The zero-order valence-corrected chi connectivity index (χ0v) is 34.8. The lowest BCUT2D eigenvalue weighted by atomic mass is 9.83. The number of nitrogens with zero attached hydrogens (tertiary/aromatic N) is 3. The molecule has 0 aliphatic rings. The Bertz CT molecular complexity index is 3510. The van der Waals surface area contributed by atoms with Crippen molar-refractivity contribution in [3.05, 3.63) is 167 Å². The van der Waals surface area contributed by atoms with E-state index in [2.05, 4.69) is 0 Å². The van der Waals surface area contributed by atoms with Gasteiger partial charge in [-0.2, -0.15) is 0 Å². The van der Waals surface area contributed by atoms with Crippen molar-refractivity contribution in [3.8, 4) is 67.5 Å². The summed E-state index contributed by atoms with van der Waals surface area (Å²) in [4.78, 5) is 10.1. The molecule has 8 aromatic rings. The van der Waals surface area contributed by atoms with Crippen LogP contribution >= 0.6 is 0 Å². The average Bonchev–Trinajstić information content (AvgIpc) is 3.71. The van der Waals surface area contributed by atoms with Gasteiger partial charge in [-0.15, -0.1) is 0 Å². The first kappa shape index (κ1) is 25.4. The molecule has 8 rings (SSSR count). The molecule has 1 N–H and O–H groups in total. The number of phenols is 1. The summed E-state index contributed by atoms with van der Waals surface area (Å²) in [6, 6.07) is 29.0. The first-order chi connectivity index (χ1) is 35.0. The molecule has 2 heterocycles. The van der Waals surface area contributed by atoms with E-state index in [1.165, 1.54) is 18.3 Å². The van der Waals surface area contributed by atoms with Crippen LogP contribution in [0.5, 0.6) is 5.75 Å². The van der Waals surface area contributed by atoms with Crippen molar-refractivity contribution in [1.82, 2.24) is 14.5 Å². The van der Waals surface area contributed by atoms with E-state index in [0.29, 0.717) is 61.6 Å².